The van der Waals surface area contributed by atoms with Crippen molar-refractivity contribution in [3.8, 4) is 0 Å². The quantitative estimate of drug-likeness (QED) is 0.682. The molecule has 1 N–H and O–H groups in total. The fraction of sp³-hybridized carbons (Fsp3) is 1.00. The van der Waals surface area contributed by atoms with Crippen LogP contribution in [0.15, 0.2) is 0 Å². The molecular formula is C15H30N2O. The van der Waals surface area contributed by atoms with Crippen LogP contribution in [0, 0.1) is 11.8 Å². The Labute approximate surface area is 112 Å². The van der Waals surface area contributed by atoms with Crippen molar-refractivity contribution in [2.45, 2.75) is 45.6 Å². The maximum atomic E-state index is 5.68. The van der Waals surface area contributed by atoms with E-state index in [-0.39, 0.29) is 0 Å². The van der Waals surface area contributed by atoms with Gasteiger partial charge in [0.05, 0.1) is 13.2 Å². The summed E-state index contributed by atoms with van der Waals surface area (Å²) in [6, 6.07) is 0.587. The molecular weight excluding hydrogens is 224 g/mol. The molecule has 2 rings (SSSR count). The van der Waals surface area contributed by atoms with Crippen LogP contribution in [0.5, 0.6) is 0 Å². The molecule has 0 aromatic heterocycles. The molecule has 106 valence electrons. The van der Waals surface area contributed by atoms with Crippen molar-refractivity contribution in [1.82, 2.24) is 10.2 Å². The Bertz CT molecular complexity index is 231. The molecule has 1 heterocycles. The average molecular weight is 254 g/mol. The van der Waals surface area contributed by atoms with E-state index in [1.165, 1.54) is 45.3 Å². The molecule has 2 atom stereocenters. The minimum Gasteiger partial charge on any atom is -0.379 e. The third-order valence-corrected chi connectivity index (χ3v) is 4.10. The van der Waals surface area contributed by atoms with Gasteiger partial charge in [0.2, 0.25) is 0 Å². The van der Waals surface area contributed by atoms with Crippen molar-refractivity contribution < 1.29 is 4.74 Å². The van der Waals surface area contributed by atoms with E-state index in [1.54, 1.807) is 0 Å². The minimum absolute atomic E-state index is 0.587. The second kappa shape index (κ2) is 7.46. The van der Waals surface area contributed by atoms with Gasteiger partial charge in [0.15, 0.2) is 0 Å². The van der Waals surface area contributed by atoms with Crippen molar-refractivity contribution in [2.24, 2.45) is 11.8 Å². The van der Waals surface area contributed by atoms with Gasteiger partial charge in [-0.15, -0.1) is 0 Å². The van der Waals surface area contributed by atoms with E-state index in [0.29, 0.717) is 12.0 Å². The summed E-state index contributed by atoms with van der Waals surface area (Å²) >= 11 is 0. The molecule has 18 heavy (non-hydrogen) atoms. The third kappa shape index (κ3) is 4.52. The molecule has 0 bridgehead atoms. The van der Waals surface area contributed by atoms with Crippen LogP contribution in [0.25, 0.3) is 0 Å². The number of rotatable bonds is 9. The first-order valence-electron chi connectivity index (χ1n) is 7.87. The Balaban J connectivity index is 1.76. The lowest BCUT2D eigenvalue weighted by Gasteiger charge is -2.27. The smallest absolute Gasteiger partial charge is 0.0623 e. The molecule has 1 aliphatic heterocycles. The fourth-order valence-corrected chi connectivity index (χ4v) is 2.90. The zero-order valence-electron chi connectivity index (χ0n) is 12.2. The van der Waals surface area contributed by atoms with Gasteiger partial charge < -0.3 is 15.0 Å². The molecule has 0 radical (unpaired) electrons. The predicted molar refractivity (Wildman–Crippen MR) is 75.8 cm³/mol. The largest absolute Gasteiger partial charge is 0.379 e. The summed E-state index contributed by atoms with van der Waals surface area (Å²) in [5.74, 6) is 1.70. The van der Waals surface area contributed by atoms with Crippen LogP contribution in [-0.4, -0.2) is 50.3 Å². The molecule has 0 spiro atoms. The van der Waals surface area contributed by atoms with Gasteiger partial charge in [-0.1, -0.05) is 13.8 Å². The molecule has 2 fully saturated rings. The summed E-state index contributed by atoms with van der Waals surface area (Å²) in [6.07, 6.45) is 5.40. The molecule has 3 heteroatoms. The Hall–Kier alpha value is -0.120. The first-order valence-corrected chi connectivity index (χ1v) is 7.87. The highest BCUT2D eigenvalue weighted by molar-refractivity contribution is 4.85. The van der Waals surface area contributed by atoms with E-state index in [9.17, 15) is 0 Å². The minimum atomic E-state index is 0.587. The predicted octanol–water partition coefficient (Wildman–Crippen LogP) is 2.12. The number of hydrogen-bond donors (Lipinski definition) is 1. The third-order valence-electron chi connectivity index (χ3n) is 4.10. The molecule has 1 saturated carbocycles. The molecule has 2 aliphatic rings. The van der Waals surface area contributed by atoms with Gasteiger partial charge in [0.1, 0.15) is 0 Å². The van der Waals surface area contributed by atoms with E-state index < -0.39 is 0 Å². The lowest BCUT2D eigenvalue weighted by molar-refractivity contribution is 0.165. The normalized spacial score (nSPS) is 28.2. The zero-order valence-corrected chi connectivity index (χ0v) is 12.2. The average Bonchev–Trinajstić information content (AvgIpc) is 3.06. The number of ether oxygens (including phenoxy) is 1. The monoisotopic (exact) mass is 254 g/mol. The Morgan fingerprint density at radius 3 is 2.61 bits per heavy atom. The molecule has 0 aromatic carbocycles. The van der Waals surface area contributed by atoms with E-state index in [2.05, 4.69) is 24.1 Å². The van der Waals surface area contributed by atoms with Gasteiger partial charge in [-0.2, -0.15) is 0 Å². The van der Waals surface area contributed by atoms with E-state index in [0.717, 1.165) is 25.7 Å². The highest BCUT2D eigenvalue weighted by Gasteiger charge is 2.31. The summed E-state index contributed by atoms with van der Waals surface area (Å²) in [5, 5.41) is 3.65. The van der Waals surface area contributed by atoms with Gasteiger partial charge in [-0.3, -0.25) is 0 Å². The lowest BCUT2D eigenvalue weighted by Crippen LogP contribution is -2.42. The van der Waals surface area contributed by atoms with E-state index in [1.807, 2.05) is 0 Å². The summed E-state index contributed by atoms with van der Waals surface area (Å²) < 4.78 is 5.68. The molecule has 2 unspecified atom stereocenters. The molecule has 1 saturated heterocycles. The standard InChI is InChI=1S/C15H30N2O/c1-3-7-16-15-12-18-11-14(15)10-17(8-4-2)9-13-5-6-13/h13-16H,3-12H2,1-2H3. The van der Waals surface area contributed by atoms with Crippen LogP contribution in [0.4, 0.5) is 0 Å². The number of nitrogens with zero attached hydrogens (tertiary/aromatic N) is 1. The second-order valence-electron chi connectivity index (χ2n) is 6.06. The van der Waals surface area contributed by atoms with Crippen molar-refractivity contribution in [3.63, 3.8) is 0 Å². The highest BCUT2D eigenvalue weighted by atomic mass is 16.5. The van der Waals surface area contributed by atoms with Crippen LogP contribution >= 0.6 is 0 Å². The van der Waals surface area contributed by atoms with Crippen LogP contribution in [0.2, 0.25) is 0 Å². The highest BCUT2D eigenvalue weighted by Crippen LogP contribution is 2.30. The topological polar surface area (TPSA) is 24.5 Å². The fourth-order valence-electron chi connectivity index (χ4n) is 2.90. The summed E-state index contributed by atoms with van der Waals surface area (Å²) in [5.41, 5.74) is 0. The maximum absolute atomic E-state index is 5.68. The van der Waals surface area contributed by atoms with Gasteiger partial charge in [0.25, 0.3) is 0 Å². The SMILES string of the molecule is CCCNC1COCC1CN(CCC)CC1CC1. The summed E-state index contributed by atoms with van der Waals surface area (Å²) in [4.78, 5) is 2.68. The van der Waals surface area contributed by atoms with Crippen LogP contribution < -0.4 is 5.32 Å². The molecule has 3 nitrogen and oxygen atoms in total. The van der Waals surface area contributed by atoms with Crippen molar-refractivity contribution in [3.05, 3.63) is 0 Å². The van der Waals surface area contributed by atoms with Gasteiger partial charge in [-0.25, -0.2) is 0 Å². The van der Waals surface area contributed by atoms with Crippen molar-refractivity contribution in [2.75, 3.05) is 39.4 Å². The van der Waals surface area contributed by atoms with Gasteiger partial charge in [-0.05, 0) is 44.7 Å². The van der Waals surface area contributed by atoms with Gasteiger partial charge >= 0.3 is 0 Å². The lowest BCUT2D eigenvalue weighted by atomic mass is 10.0. The van der Waals surface area contributed by atoms with Gasteiger partial charge in [0, 0.05) is 25.0 Å². The first-order chi connectivity index (χ1) is 8.83. The molecule has 0 amide bonds. The van der Waals surface area contributed by atoms with E-state index in [4.69, 9.17) is 4.74 Å². The Morgan fingerprint density at radius 2 is 1.94 bits per heavy atom. The van der Waals surface area contributed by atoms with Crippen molar-refractivity contribution in [1.29, 1.82) is 0 Å². The summed E-state index contributed by atoms with van der Waals surface area (Å²) in [7, 11) is 0. The Morgan fingerprint density at radius 1 is 1.11 bits per heavy atom. The maximum Gasteiger partial charge on any atom is 0.0623 e. The molecule has 0 aromatic rings. The van der Waals surface area contributed by atoms with Crippen LogP contribution in [-0.2, 0) is 4.74 Å². The number of nitrogens with one attached hydrogen (secondary N) is 1. The molecule has 1 aliphatic carbocycles. The van der Waals surface area contributed by atoms with Crippen LogP contribution in [0.3, 0.4) is 0 Å². The second-order valence-corrected chi connectivity index (χ2v) is 6.06. The zero-order chi connectivity index (χ0) is 12.8. The van der Waals surface area contributed by atoms with Crippen LogP contribution in [0.1, 0.15) is 39.5 Å². The van der Waals surface area contributed by atoms with Crippen molar-refractivity contribution >= 4 is 0 Å². The summed E-state index contributed by atoms with van der Waals surface area (Å²) in [6.45, 7) is 11.3. The number of hydrogen-bond acceptors (Lipinski definition) is 3. The van der Waals surface area contributed by atoms with E-state index >= 15 is 0 Å². The first kappa shape index (κ1) is 14.3. The Kier molecular flexibility index (Phi) is 5.93.